The van der Waals surface area contributed by atoms with Crippen LogP contribution in [0.15, 0.2) is 30.3 Å². The summed E-state index contributed by atoms with van der Waals surface area (Å²) in [6.45, 7) is 4.44. The van der Waals surface area contributed by atoms with Gasteiger partial charge in [0.25, 0.3) is 5.91 Å². The molecule has 126 valence electrons. The molecule has 1 atom stereocenters. The van der Waals surface area contributed by atoms with Crippen LogP contribution in [0.1, 0.15) is 5.56 Å². The highest BCUT2D eigenvalue weighted by Crippen LogP contribution is 2.09. The Balaban J connectivity index is 0.00000220. The third kappa shape index (κ3) is 5.74. The monoisotopic (exact) mass is 349 g/mol. The summed E-state index contributed by atoms with van der Waals surface area (Å²) in [4.78, 5) is 16.3. The van der Waals surface area contributed by atoms with E-state index in [1.165, 1.54) is 12.7 Å². The number of piperazine rings is 1. The highest BCUT2D eigenvalue weighted by atomic mass is 35.5. The van der Waals surface area contributed by atoms with Gasteiger partial charge >= 0.3 is 0 Å². The van der Waals surface area contributed by atoms with Gasteiger partial charge in [-0.3, -0.25) is 9.69 Å². The lowest BCUT2D eigenvalue weighted by atomic mass is 10.2. The molecule has 0 aromatic heterocycles. The van der Waals surface area contributed by atoms with Crippen LogP contribution >= 0.6 is 24.8 Å². The Morgan fingerprint density at radius 1 is 1.18 bits per heavy atom. The number of ether oxygens (including phenoxy) is 1. The number of carbonyl (C=O) groups is 1. The van der Waals surface area contributed by atoms with Gasteiger partial charge in [-0.15, -0.1) is 24.8 Å². The molecule has 1 aliphatic heterocycles. The first-order valence-corrected chi connectivity index (χ1v) is 7.02. The summed E-state index contributed by atoms with van der Waals surface area (Å²) in [5.41, 5.74) is 6.85. The van der Waals surface area contributed by atoms with Crippen LogP contribution in [0, 0.1) is 0 Å². The van der Waals surface area contributed by atoms with Gasteiger partial charge in [-0.2, -0.15) is 0 Å². The highest BCUT2D eigenvalue weighted by molar-refractivity contribution is 5.85. The maximum absolute atomic E-state index is 12.1. The van der Waals surface area contributed by atoms with Crippen LogP contribution in [0.4, 0.5) is 0 Å². The third-order valence-electron chi connectivity index (χ3n) is 3.71. The molecule has 1 heterocycles. The standard InChI is InChI=1S/C15H23N3O2.2ClH/c1-20-14(11-16)15(19)18-9-7-17(8-10-18)12-13-5-3-2-4-6-13;;/h2-6,14H,7-12,16H2,1H3;2*1H. The Morgan fingerprint density at radius 2 is 1.77 bits per heavy atom. The molecular weight excluding hydrogens is 325 g/mol. The summed E-state index contributed by atoms with van der Waals surface area (Å²) < 4.78 is 5.11. The number of rotatable bonds is 5. The van der Waals surface area contributed by atoms with Crippen molar-refractivity contribution in [3.8, 4) is 0 Å². The zero-order chi connectivity index (χ0) is 14.4. The second kappa shape index (κ2) is 10.8. The molecular formula is C15H25Cl2N3O2. The number of methoxy groups -OCH3 is 1. The van der Waals surface area contributed by atoms with E-state index < -0.39 is 6.10 Å². The molecule has 5 nitrogen and oxygen atoms in total. The fraction of sp³-hybridized carbons (Fsp3) is 0.533. The molecule has 0 radical (unpaired) electrons. The fourth-order valence-corrected chi connectivity index (χ4v) is 2.47. The lowest BCUT2D eigenvalue weighted by Crippen LogP contribution is -2.52. The highest BCUT2D eigenvalue weighted by Gasteiger charge is 2.26. The van der Waals surface area contributed by atoms with Crippen LogP contribution in [-0.4, -0.2) is 61.6 Å². The number of nitrogens with zero attached hydrogens (tertiary/aromatic N) is 2. The van der Waals surface area contributed by atoms with Gasteiger partial charge in [0, 0.05) is 46.4 Å². The van der Waals surface area contributed by atoms with E-state index in [9.17, 15) is 4.79 Å². The molecule has 0 bridgehead atoms. The topological polar surface area (TPSA) is 58.8 Å². The Bertz CT molecular complexity index is 422. The smallest absolute Gasteiger partial charge is 0.253 e. The van der Waals surface area contributed by atoms with Crippen LogP contribution in [0.5, 0.6) is 0 Å². The summed E-state index contributed by atoms with van der Waals surface area (Å²) in [5.74, 6) is 0.00867. The molecule has 1 saturated heterocycles. The van der Waals surface area contributed by atoms with Gasteiger partial charge < -0.3 is 15.4 Å². The average Bonchev–Trinajstić information content (AvgIpc) is 2.50. The summed E-state index contributed by atoms with van der Waals surface area (Å²) in [7, 11) is 1.53. The quantitative estimate of drug-likeness (QED) is 0.866. The Labute approximate surface area is 144 Å². The molecule has 1 unspecified atom stereocenters. The van der Waals surface area contributed by atoms with E-state index in [0.29, 0.717) is 0 Å². The van der Waals surface area contributed by atoms with Crippen molar-refractivity contribution in [1.29, 1.82) is 0 Å². The largest absolute Gasteiger partial charge is 0.370 e. The van der Waals surface area contributed by atoms with Gasteiger partial charge in [0.05, 0.1) is 0 Å². The summed E-state index contributed by atoms with van der Waals surface area (Å²) in [5, 5.41) is 0. The van der Waals surface area contributed by atoms with E-state index in [0.717, 1.165) is 32.7 Å². The molecule has 7 heteroatoms. The zero-order valence-corrected chi connectivity index (χ0v) is 14.4. The minimum absolute atomic E-state index is 0. The van der Waals surface area contributed by atoms with Crippen molar-refractivity contribution in [2.75, 3.05) is 39.8 Å². The summed E-state index contributed by atoms with van der Waals surface area (Å²) in [6.07, 6.45) is -0.504. The van der Waals surface area contributed by atoms with Gasteiger partial charge in [-0.1, -0.05) is 30.3 Å². The van der Waals surface area contributed by atoms with Crippen molar-refractivity contribution in [2.24, 2.45) is 5.73 Å². The Hall–Kier alpha value is -0.850. The van der Waals surface area contributed by atoms with E-state index in [-0.39, 0.29) is 37.3 Å². The first-order chi connectivity index (χ1) is 9.74. The molecule has 1 amide bonds. The van der Waals surface area contributed by atoms with Crippen molar-refractivity contribution in [2.45, 2.75) is 12.6 Å². The van der Waals surface area contributed by atoms with Gasteiger partial charge in [-0.05, 0) is 5.56 Å². The molecule has 0 spiro atoms. The minimum Gasteiger partial charge on any atom is -0.370 e. The predicted octanol–water partition coefficient (Wildman–Crippen LogP) is 1.15. The van der Waals surface area contributed by atoms with E-state index in [4.69, 9.17) is 10.5 Å². The van der Waals surface area contributed by atoms with E-state index in [2.05, 4.69) is 29.2 Å². The molecule has 0 saturated carbocycles. The van der Waals surface area contributed by atoms with Crippen molar-refractivity contribution < 1.29 is 9.53 Å². The van der Waals surface area contributed by atoms with Crippen LogP contribution in [-0.2, 0) is 16.1 Å². The number of nitrogens with two attached hydrogens (primary N) is 1. The Kier molecular flexibility index (Phi) is 10.4. The third-order valence-corrected chi connectivity index (χ3v) is 3.71. The van der Waals surface area contributed by atoms with Gasteiger partial charge in [0.2, 0.25) is 0 Å². The van der Waals surface area contributed by atoms with Gasteiger partial charge in [0.1, 0.15) is 6.10 Å². The predicted molar refractivity (Wildman–Crippen MR) is 92.6 cm³/mol. The fourth-order valence-electron chi connectivity index (χ4n) is 2.47. The zero-order valence-electron chi connectivity index (χ0n) is 12.8. The summed E-state index contributed by atoms with van der Waals surface area (Å²) in [6, 6.07) is 10.4. The molecule has 2 rings (SSSR count). The second-order valence-electron chi connectivity index (χ2n) is 5.05. The summed E-state index contributed by atoms with van der Waals surface area (Å²) >= 11 is 0. The maximum Gasteiger partial charge on any atom is 0.253 e. The minimum atomic E-state index is -0.504. The molecule has 1 aliphatic rings. The van der Waals surface area contributed by atoms with Crippen LogP contribution in [0.25, 0.3) is 0 Å². The lowest BCUT2D eigenvalue weighted by molar-refractivity contribution is -0.143. The van der Waals surface area contributed by atoms with Crippen molar-refractivity contribution in [3.63, 3.8) is 0 Å². The molecule has 22 heavy (non-hydrogen) atoms. The number of hydrogen-bond acceptors (Lipinski definition) is 4. The molecule has 2 N–H and O–H groups in total. The normalized spacial score (nSPS) is 16.4. The molecule has 0 aliphatic carbocycles. The van der Waals surface area contributed by atoms with Gasteiger partial charge in [0.15, 0.2) is 0 Å². The van der Waals surface area contributed by atoms with Gasteiger partial charge in [-0.25, -0.2) is 0 Å². The van der Waals surface area contributed by atoms with Crippen LogP contribution < -0.4 is 5.73 Å². The average molecular weight is 350 g/mol. The second-order valence-corrected chi connectivity index (χ2v) is 5.05. The maximum atomic E-state index is 12.1. The van der Waals surface area contributed by atoms with Crippen molar-refractivity contribution in [1.82, 2.24) is 9.80 Å². The van der Waals surface area contributed by atoms with Crippen molar-refractivity contribution in [3.05, 3.63) is 35.9 Å². The van der Waals surface area contributed by atoms with Crippen LogP contribution in [0.3, 0.4) is 0 Å². The van der Waals surface area contributed by atoms with Crippen LogP contribution in [0.2, 0.25) is 0 Å². The Morgan fingerprint density at radius 3 is 2.27 bits per heavy atom. The van der Waals surface area contributed by atoms with E-state index in [1.807, 2.05) is 11.0 Å². The van der Waals surface area contributed by atoms with Crippen molar-refractivity contribution >= 4 is 30.7 Å². The van der Waals surface area contributed by atoms with E-state index in [1.54, 1.807) is 0 Å². The molecule has 1 aromatic rings. The lowest BCUT2D eigenvalue weighted by Gasteiger charge is -2.36. The first-order valence-electron chi connectivity index (χ1n) is 7.02. The number of halogens is 2. The first kappa shape index (κ1) is 21.1. The molecule has 1 aromatic carbocycles. The number of carbonyl (C=O) groups excluding carboxylic acids is 1. The molecule has 1 fully saturated rings. The number of amides is 1. The SMILES string of the molecule is COC(CN)C(=O)N1CCN(Cc2ccccc2)CC1.Cl.Cl. The number of hydrogen-bond donors (Lipinski definition) is 1. The van der Waals surface area contributed by atoms with E-state index >= 15 is 0 Å². The number of benzene rings is 1.